The number of amides is 1. The number of thiazole rings is 1. The third-order valence-electron chi connectivity index (χ3n) is 4.31. The molecule has 0 N–H and O–H groups in total. The SMILES string of the molecule is CCN1C(=O)/C(=C/c2ccc(OCc3ccc(Cl)cc3)cc2)S/C1=N/c1nccs1. The number of nitrogens with zero attached hydrogens (tertiary/aromatic N) is 3. The third kappa shape index (κ3) is 4.92. The van der Waals surface area contributed by atoms with E-state index in [0.29, 0.717) is 33.4 Å². The molecule has 1 fully saturated rings. The number of likely N-dealkylation sites (N-methyl/N-ethyl adjacent to an activating group) is 1. The van der Waals surface area contributed by atoms with Crippen LogP contribution in [0.4, 0.5) is 5.13 Å². The second-order valence-electron chi connectivity index (χ2n) is 6.35. The lowest BCUT2D eigenvalue weighted by Gasteiger charge is -2.11. The van der Waals surface area contributed by atoms with Gasteiger partial charge < -0.3 is 4.74 Å². The molecule has 8 heteroatoms. The minimum atomic E-state index is -0.0409. The topological polar surface area (TPSA) is 54.8 Å². The molecule has 3 aromatic rings. The van der Waals surface area contributed by atoms with Crippen LogP contribution in [0.3, 0.4) is 0 Å². The summed E-state index contributed by atoms with van der Waals surface area (Å²) in [5.41, 5.74) is 1.97. The van der Waals surface area contributed by atoms with Crippen LogP contribution in [0, 0.1) is 0 Å². The van der Waals surface area contributed by atoms with E-state index in [2.05, 4.69) is 9.98 Å². The molecule has 2 aromatic carbocycles. The number of halogens is 1. The Bertz CT molecular complexity index is 1080. The fraction of sp³-hybridized carbons (Fsp3) is 0.136. The summed E-state index contributed by atoms with van der Waals surface area (Å²) in [6.45, 7) is 2.96. The molecule has 1 aliphatic heterocycles. The molecule has 2 heterocycles. The molecule has 1 aliphatic rings. The van der Waals surface area contributed by atoms with E-state index >= 15 is 0 Å². The van der Waals surface area contributed by atoms with Gasteiger partial charge in [0.05, 0.1) is 4.91 Å². The molecule has 30 heavy (non-hydrogen) atoms. The molecular formula is C22H18ClN3O2S2. The molecule has 0 saturated carbocycles. The number of ether oxygens (including phenoxy) is 1. The van der Waals surface area contributed by atoms with Gasteiger partial charge in [-0.15, -0.1) is 11.3 Å². The highest BCUT2D eigenvalue weighted by atomic mass is 35.5. The van der Waals surface area contributed by atoms with Crippen LogP contribution in [0.2, 0.25) is 5.02 Å². The Morgan fingerprint density at radius 3 is 2.60 bits per heavy atom. The Balaban J connectivity index is 1.45. The standard InChI is InChI=1S/C22H18ClN3O2S2/c1-2-26-20(27)19(30-22(26)25-21-24-11-12-29-21)13-15-5-9-18(10-6-15)28-14-16-3-7-17(23)8-4-16/h3-13H,2,14H2,1H3/b19-13-,25-22+. The molecule has 5 nitrogen and oxygen atoms in total. The molecule has 0 aliphatic carbocycles. The number of amidine groups is 1. The fourth-order valence-electron chi connectivity index (χ4n) is 2.78. The van der Waals surface area contributed by atoms with Gasteiger partial charge in [0.25, 0.3) is 5.91 Å². The van der Waals surface area contributed by atoms with Gasteiger partial charge in [-0.2, -0.15) is 4.99 Å². The van der Waals surface area contributed by atoms with Crippen LogP contribution in [0.15, 0.2) is 70.0 Å². The van der Waals surface area contributed by atoms with Crippen LogP contribution in [-0.4, -0.2) is 27.5 Å². The summed E-state index contributed by atoms with van der Waals surface area (Å²) in [5, 5.41) is 3.88. The van der Waals surface area contributed by atoms with Crippen molar-refractivity contribution in [2.24, 2.45) is 4.99 Å². The summed E-state index contributed by atoms with van der Waals surface area (Å²) in [6.07, 6.45) is 3.58. The van der Waals surface area contributed by atoms with Gasteiger partial charge in [0.1, 0.15) is 12.4 Å². The van der Waals surface area contributed by atoms with Crippen molar-refractivity contribution in [3.8, 4) is 5.75 Å². The first-order valence-corrected chi connectivity index (χ1v) is 11.4. The van der Waals surface area contributed by atoms with Gasteiger partial charge in [0, 0.05) is 23.1 Å². The minimum Gasteiger partial charge on any atom is -0.489 e. The number of aliphatic imine (C=N–C) groups is 1. The average Bonchev–Trinajstić information content (AvgIpc) is 3.37. The van der Waals surface area contributed by atoms with Crippen molar-refractivity contribution in [2.45, 2.75) is 13.5 Å². The highest BCUT2D eigenvalue weighted by Gasteiger charge is 2.32. The Morgan fingerprint density at radius 2 is 1.93 bits per heavy atom. The first-order chi connectivity index (χ1) is 14.6. The van der Waals surface area contributed by atoms with Crippen LogP contribution in [0.25, 0.3) is 6.08 Å². The van der Waals surface area contributed by atoms with Crippen molar-refractivity contribution in [1.82, 2.24) is 9.88 Å². The Kier molecular flexibility index (Phi) is 6.52. The maximum atomic E-state index is 12.7. The van der Waals surface area contributed by atoms with Crippen molar-refractivity contribution in [1.29, 1.82) is 0 Å². The summed E-state index contributed by atoms with van der Waals surface area (Å²) in [4.78, 5) is 23.7. The summed E-state index contributed by atoms with van der Waals surface area (Å²) in [5.74, 6) is 0.722. The average molecular weight is 456 g/mol. The molecule has 4 rings (SSSR count). The largest absolute Gasteiger partial charge is 0.489 e. The number of rotatable bonds is 6. The molecule has 1 amide bonds. The number of carbonyl (C=O) groups is 1. The molecule has 0 spiro atoms. The minimum absolute atomic E-state index is 0.0409. The zero-order chi connectivity index (χ0) is 20.9. The van der Waals surface area contributed by atoms with Gasteiger partial charge in [0.15, 0.2) is 5.17 Å². The van der Waals surface area contributed by atoms with Crippen LogP contribution >= 0.6 is 34.7 Å². The lowest BCUT2D eigenvalue weighted by molar-refractivity contribution is -0.122. The molecule has 0 radical (unpaired) electrons. The Labute approximate surface area is 188 Å². The molecular weight excluding hydrogens is 438 g/mol. The number of thioether (sulfide) groups is 1. The van der Waals surface area contributed by atoms with Gasteiger partial charge in [0.2, 0.25) is 5.13 Å². The summed E-state index contributed by atoms with van der Waals surface area (Å²) in [7, 11) is 0. The monoisotopic (exact) mass is 455 g/mol. The highest BCUT2D eigenvalue weighted by Crippen LogP contribution is 2.34. The van der Waals surface area contributed by atoms with Gasteiger partial charge in [-0.1, -0.05) is 35.9 Å². The quantitative estimate of drug-likeness (QED) is 0.428. The number of hydrogen-bond acceptors (Lipinski definition) is 6. The molecule has 152 valence electrons. The van der Waals surface area contributed by atoms with Crippen molar-refractivity contribution < 1.29 is 9.53 Å². The van der Waals surface area contributed by atoms with E-state index in [-0.39, 0.29) is 5.91 Å². The molecule has 0 atom stereocenters. The van der Waals surface area contributed by atoms with E-state index < -0.39 is 0 Å². The number of hydrogen-bond donors (Lipinski definition) is 0. The lowest BCUT2D eigenvalue weighted by atomic mass is 10.2. The first kappa shape index (κ1) is 20.7. The summed E-state index contributed by atoms with van der Waals surface area (Å²) >= 11 is 8.72. The van der Waals surface area contributed by atoms with Gasteiger partial charge in [-0.3, -0.25) is 9.69 Å². The van der Waals surface area contributed by atoms with Crippen LogP contribution < -0.4 is 4.74 Å². The third-order valence-corrected chi connectivity index (χ3v) is 6.24. The number of aromatic nitrogens is 1. The molecule has 1 saturated heterocycles. The van der Waals surface area contributed by atoms with Gasteiger partial charge in [-0.05, 0) is 60.2 Å². The maximum Gasteiger partial charge on any atom is 0.266 e. The van der Waals surface area contributed by atoms with Gasteiger partial charge in [-0.25, -0.2) is 4.98 Å². The van der Waals surface area contributed by atoms with Crippen molar-refractivity contribution in [3.63, 3.8) is 0 Å². The second-order valence-corrected chi connectivity index (χ2v) is 8.67. The van der Waals surface area contributed by atoms with Crippen LogP contribution in [0.5, 0.6) is 5.75 Å². The summed E-state index contributed by atoms with van der Waals surface area (Å²) in [6, 6.07) is 15.2. The van der Waals surface area contributed by atoms with Crippen LogP contribution in [0.1, 0.15) is 18.1 Å². The van der Waals surface area contributed by atoms with E-state index in [1.807, 2.05) is 66.9 Å². The molecule has 0 unspecified atom stereocenters. The van der Waals surface area contributed by atoms with E-state index in [1.54, 1.807) is 11.1 Å². The van der Waals surface area contributed by atoms with E-state index in [4.69, 9.17) is 16.3 Å². The smallest absolute Gasteiger partial charge is 0.266 e. The second kappa shape index (κ2) is 9.47. The summed E-state index contributed by atoms with van der Waals surface area (Å²) < 4.78 is 5.82. The Hall–Kier alpha value is -2.61. The van der Waals surface area contributed by atoms with Gasteiger partial charge >= 0.3 is 0 Å². The molecule has 1 aromatic heterocycles. The van der Waals surface area contributed by atoms with E-state index in [9.17, 15) is 4.79 Å². The zero-order valence-corrected chi connectivity index (χ0v) is 18.5. The maximum absolute atomic E-state index is 12.7. The van der Waals surface area contributed by atoms with Crippen molar-refractivity contribution in [3.05, 3.63) is 81.2 Å². The number of carbonyl (C=O) groups excluding carboxylic acids is 1. The van der Waals surface area contributed by atoms with Crippen LogP contribution in [-0.2, 0) is 11.4 Å². The predicted octanol–water partition coefficient (Wildman–Crippen LogP) is 6.00. The highest BCUT2D eigenvalue weighted by molar-refractivity contribution is 8.18. The number of benzene rings is 2. The van der Waals surface area contributed by atoms with Crippen molar-refractivity contribution in [2.75, 3.05) is 6.54 Å². The van der Waals surface area contributed by atoms with E-state index in [1.165, 1.54) is 23.1 Å². The van der Waals surface area contributed by atoms with E-state index in [0.717, 1.165) is 16.9 Å². The normalized spacial score (nSPS) is 16.6. The zero-order valence-electron chi connectivity index (χ0n) is 16.1. The first-order valence-electron chi connectivity index (χ1n) is 9.29. The predicted molar refractivity (Wildman–Crippen MR) is 124 cm³/mol. The lowest BCUT2D eigenvalue weighted by Crippen LogP contribution is -2.28. The fourth-order valence-corrected chi connectivity index (χ4v) is 4.51. The Morgan fingerprint density at radius 1 is 1.17 bits per heavy atom. The molecule has 0 bridgehead atoms. The van der Waals surface area contributed by atoms with Crippen molar-refractivity contribution >= 4 is 57.0 Å².